The second-order valence-electron chi connectivity index (χ2n) is 7.65. The predicted molar refractivity (Wildman–Crippen MR) is 103 cm³/mol. The molecule has 1 N–H and O–H groups in total. The maximum absolute atomic E-state index is 13.2. The van der Waals surface area contributed by atoms with Crippen LogP contribution in [0.4, 0.5) is 0 Å². The van der Waals surface area contributed by atoms with Crippen LogP contribution in [-0.4, -0.2) is 38.4 Å². The molecule has 1 aliphatic rings. The second-order valence-corrected chi connectivity index (χ2v) is 7.65. The number of fused-ring (bicyclic) bond motifs is 1. The van der Waals surface area contributed by atoms with Crippen molar-refractivity contribution in [1.29, 1.82) is 0 Å². The number of imidazole rings is 1. The van der Waals surface area contributed by atoms with Crippen molar-refractivity contribution in [1.82, 2.24) is 19.4 Å². The number of carbonyl (C=O) groups is 1. The summed E-state index contributed by atoms with van der Waals surface area (Å²) in [5, 5.41) is 1.16. The minimum absolute atomic E-state index is 0.131. The van der Waals surface area contributed by atoms with E-state index in [0.717, 1.165) is 54.6 Å². The van der Waals surface area contributed by atoms with Crippen LogP contribution in [0.1, 0.15) is 40.0 Å². The van der Waals surface area contributed by atoms with Crippen LogP contribution in [0.3, 0.4) is 0 Å². The highest BCUT2D eigenvalue weighted by atomic mass is 16.2. The zero-order valence-electron chi connectivity index (χ0n) is 15.7. The smallest absolute Gasteiger partial charge is 0.270 e. The Bertz CT molecular complexity index is 939. The van der Waals surface area contributed by atoms with Gasteiger partial charge in [-0.25, -0.2) is 4.98 Å². The average Bonchev–Trinajstić information content (AvgIpc) is 3.23. The van der Waals surface area contributed by atoms with Gasteiger partial charge in [-0.2, -0.15) is 0 Å². The number of nitrogens with one attached hydrogen (secondary N) is 1. The molecule has 5 heteroatoms. The first-order chi connectivity index (χ1) is 12.5. The summed E-state index contributed by atoms with van der Waals surface area (Å²) in [6.07, 6.45) is 7.87. The molecule has 0 aliphatic carbocycles. The van der Waals surface area contributed by atoms with Gasteiger partial charge in [-0.3, -0.25) is 4.79 Å². The fourth-order valence-electron chi connectivity index (χ4n) is 4.25. The Balaban J connectivity index is 1.58. The predicted octanol–water partition coefficient (Wildman–Crippen LogP) is 3.84. The lowest BCUT2D eigenvalue weighted by Crippen LogP contribution is -2.41. The summed E-state index contributed by atoms with van der Waals surface area (Å²) >= 11 is 0. The van der Waals surface area contributed by atoms with E-state index in [0.29, 0.717) is 5.92 Å². The van der Waals surface area contributed by atoms with Crippen LogP contribution >= 0.6 is 0 Å². The van der Waals surface area contributed by atoms with Crippen LogP contribution in [0.25, 0.3) is 10.9 Å². The molecule has 1 fully saturated rings. The quantitative estimate of drug-likeness (QED) is 0.780. The van der Waals surface area contributed by atoms with Crippen molar-refractivity contribution in [3.8, 4) is 0 Å². The Morgan fingerprint density at radius 1 is 1.31 bits per heavy atom. The normalized spacial score (nSPS) is 17.8. The lowest BCUT2D eigenvalue weighted by molar-refractivity contribution is 0.0656. The van der Waals surface area contributed by atoms with Gasteiger partial charge in [0.25, 0.3) is 5.91 Å². The third-order valence-corrected chi connectivity index (χ3v) is 5.56. The molecule has 0 bridgehead atoms. The molecule has 2 aromatic heterocycles. The van der Waals surface area contributed by atoms with Crippen molar-refractivity contribution < 1.29 is 4.79 Å². The number of hydrogen-bond acceptors (Lipinski definition) is 2. The van der Waals surface area contributed by atoms with E-state index >= 15 is 0 Å². The Morgan fingerprint density at radius 2 is 2.15 bits per heavy atom. The molecule has 1 aliphatic heterocycles. The molecule has 136 valence electrons. The van der Waals surface area contributed by atoms with E-state index in [2.05, 4.69) is 47.4 Å². The topological polar surface area (TPSA) is 53.9 Å². The number of aromatic amines is 1. The van der Waals surface area contributed by atoms with Gasteiger partial charge in [0.05, 0.1) is 6.33 Å². The number of amides is 1. The first kappa shape index (κ1) is 16.9. The molecular formula is C21H26N4O. The van der Waals surface area contributed by atoms with E-state index in [1.54, 1.807) is 0 Å². The first-order valence-corrected chi connectivity index (χ1v) is 9.37. The number of likely N-dealkylation sites (tertiary alicyclic amines) is 1. The van der Waals surface area contributed by atoms with Crippen molar-refractivity contribution in [2.24, 2.45) is 5.92 Å². The highest BCUT2D eigenvalue weighted by Crippen LogP contribution is 2.28. The van der Waals surface area contributed by atoms with Crippen molar-refractivity contribution >= 4 is 16.8 Å². The van der Waals surface area contributed by atoms with Crippen LogP contribution in [0.15, 0.2) is 30.9 Å². The number of nitrogens with zero attached hydrogens (tertiary/aromatic N) is 3. The maximum atomic E-state index is 13.2. The number of piperidine rings is 1. The highest BCUT2D eigenvalue weighted by molar-refractivity contribution is 6.01. The minimum Gasteiger partial charge on any atom is -0.350 e. The van der Waals surface area contributed by atoms with Crippen molar-refractivity contribution in [3.05, 3.63) is 53.2 Å². The number of benzene rings is 1. The molecule has 1 amide bonds. The highest BCUT2D eigenvalue weighted by Gasteiger charge is 2.27. The van der Waals surface area contributed by atoms with Crippen LogP contribution in [0, 0.1) is 26.7 Å². The standard InChI is InChI=1S/C21H26N4O/c1-14-9-15(2)19-18(10-14)16(3)20(23-19)21(26)25-7-4-5-17(12-25)11-24-8-6-22-13-24/h6,8-10,13,17,23H,4-5,7,11-12H2,1-3H3. The fraction of sp³-hybridized carbons (Fsp3) is 0.429. The van der Waals surface area contributed by atoms with E-state index in [1.807, 2.05) is 23.6 Å². The molecular weight excluding hydrogens is 324 g/mol. The number of aromatic nitrogens is 3. The molecule has 1 saturated heterocycles. The molecule has 3 aromatic rings. The molecule has 5 nitrogen and oxygen atoms in total. The van der Waals surface area contributed by atoms with Crippen molar-refractivity contribution in [3.63, 3.8) is 0 Å². The van der Waals surface area contributed by atoms with Gasteiger partial charge in [0.1, 0.15) is 5.69 Å². The minimum atomic E-state index is 0.131. The molecule has 0 radical (unpaired) electrons. The van der Waals surface area contributed by atoms with Crippen LogP contribution in [0.2, 0.25) is 0 Å². The zero-order valence-corrected chi connectivity index (χ0v) is 15.7. The Labute approximate surface area is 154 Å². The second kappa shape index (κ2) is 6.63. The van der Waals surface area contributed by atoms with Crippen LogP contribution < -0.4 is 0 Å². The van der Waals surface area contributed by atoms with Gasteiger partial charge in [-0.1, -0.05) is 11.6 Å². The molecule has 0 spiro atoms. The van der Waals surface area contributed by atoms with Gasteiger partial charge in [-0.15, -0.1) is 0 Å². The van der Waals surface area contributed by atoms with Gasteiger partial charge in [0.2, 0.25) is 0 Å². The summed E-state index contributed by atoms with van der Waals surface area (Å²) in [6.45, 7) is 8.83. The van der Waals surface area contributed by atoms with Gasteiger partial charge in [-0.05, 0) is 56.7 Å². The third kappa shape index (κ3) is 3.02. The SMILES string of the molecule is Cc1cc(C)c2[nH]c(C(=O)N3CCCC(Cn4ccnc4)C3)c(C)c2c1. The average molecular weight is 350 g/mol. The van der Waals surface area contributed by atoms with E-state index in [4.69, 9.17) is 0 Å². The fourth-order valence-corrected chi connectivity index (χ4v) is 4.25. The van der Waals surface area contributed by atoms with Crippen LogP contribution in [-0.2, 0) is 6.54 Å². The monoisotopic (exact) mass is 350 g/mol. The molecule has 3 heterocycles. The largest absolute Gasteiger partial charge is 0.350 e. The summed E-state index contributed by atoms with van der Waals surface area (Å²) < 4.78 is 2.11. The molecule has 26 heavy (non-hydrogen) atoms. The summed E-state index contributed by atoms with van der Waals surface area (Å²) in [5.41, 5.74) is 5.32. The van der Waals surface area contributed by atoms with Crippen molar-refractivity contribution in [2.45, 2.75) is 40.2 Å². The maximum Gasteiger partial charge on any atom is 0.270 e. The Hall–Kier alpha value is -2.56. The first-order valence-electron chi connectivity index (χ1n) is 9.37. The molecule has 1 unspecified atom stereocenters. The van der Waals surface area contributed by atoms with Gasteiger partial charge >= 0.3 is 0 Å². The summed E-state index contributed by atoms with van der Waals surface area (Å²) in [6, 6.07) is 4.33. The molecule has 4 rings (SSSR count). The zero-order chi connectivity index (χ0) is 18.3. The molecule has 0 saturated carbocycles. The summed E-state index contributed by atoms with van der Waals surface area (Å²) in [5.74, 6) is 0.613. The summed E-state index contributed by atoms with van der Waals surface area (Å²) in [4.78, 5) is 22.8. The van der Waals surface area contributed by atoms with Crippen LogP contribution in [0.5, 0.6) is 0 Å². The van der Waals surface area contributed by atoms with E-state index < -0.39 is 0 Å². The lowest BCUT2D eigenvalue weighted by Gasteiger charge is -2.32. The van der Waals surface area contributed by atoms with E-state index in [9.17, 15) is 4.79 Å². The number of H-pyrrole nitrogens is 1. The number of carbonyl (C=O) groups excluding carboxylic acids is 1. The lowest BCUT2D eigenvalue weighted by atomic mass is 9.97. The number of aryl methyl sites for hydroxylation is 3. The third-order valence-electron chi connectivity index (χ3n) is 5.56. The summed E-state index contributed by atoms with van der Waals surface area (Å²) in [7, 11) is 0. The number of hydrogen-bond donors (Lipinski definition) is 1. The number of rotatable bonds is 3. The van der Waals surface area contributed by atoms with Gasteiger partial charge in [0.15, 0.2) is 0 Å². The van der Waals surface area contributed by atoms with Gasteiger partial charge < -0.3 is 14.5 Å². The van der Waals surface area contributed by atoms with E-state index in [-0.39, 0.29) is 5.91 Å². The van der Waals surface area contributed by atoms with Crippen molar-refractivity contribution in [2.75, 3.05) is 13.1 Å². The van der Waals surface area contributed by atoms with Gasteiger partial charge in [0, 0.05) is 42.9 Å². The Kier molecular flexibility index (Phi) is 4.31. The van der Waals surface area contributed by atoms with E-state index in [1.165, 1.54) is 11.1 Å². The Morgan fingerprint density at radius 3 is 2.92 bits per heavy atom. The molecule has 1 aromatic carbocycles. The molecule has 1 atom stereocenters.